The van der Waals surface area contributed by atoms with Crippen molar-refractivity contribution in [2.45, 2.75) is 25.1 Å². The summed E-state index contributed by atoms with van der Waals surface area (Å²) >= 11 is 0. The van der Waals surface area contributed by atoms with Crippen LogP contribution in [0.3, 0.4) is 0 Å². The summed E-state index contributed by atoms with van der Waals surface area (Å²) in [5.74, 6) is -0.147. The molecule has 2 rings (SSSR count). The quantitative estimate of drug-likeness (QED) is 0.839. The Morgan fingerprint density at radius 1 is 1.50 bits per heavy atom. The molecule has 18 heavy (non-hydrogen) atoms. The Hall–Kier alpha value is -1.50. The second-order valence-electron chi connectivity index (χ2n) is 4.42. The minimum atomic E-state index is -4.74. The zero-order valence-corrected chi connectivity index (χ0v) is 9.62. The van der Waals surface area contributed by atoms with E-state index in [4.69, 9.17) is 4.42 Å². The van der Waals surface area contributed by atoms with Gasteiger partial charge in [0.15, 0.2) is 11.4 Å². The molecule has 4 nitrogen and oxygen atoms in total. The molecule has 1 unspecified atom stereocenters. The summed E-state index contributed by atoms with van der Waals surface area (Å²) in [4.78, 5) is 12.8. The molecule has 1 atom stereocenters. The molecule has 0 aromatic carbocycles. The average Bonchev–Trinajstić information content (AvgIpc) is 2.84. The lowest BCUT2D eigenvalue weighted by Crippen LogP contribution is -2.48. The van der Waals surface area contributed by atoms with Gasteiger partial charge in [0.2, 0.25) is 0 Å². The molecule has 7 heteroatoms. The van der Waals surface area contributed by atoms with Crippen LogP contribution in [0.2, 0.25) is 0 Å². The number of nitrogens with zero attached hydrogens (tertiary/aromatic N) is 1. The fourth-order valence-electron chi connectivity index (χ4n) is 1.90. The largest absolute Gasteiger partial charge is 0.456 e. The molecule has 100 valence electrons. The number of carbonyl (C=O) groups is 1. The van der Waals surface area contributed by atoms with Crippen molar-refractivity contribution in [3.8, 4) is 0 Å². The number of carbonyl (C=O) groups excluding carboxylic acids is 1. The van der Waals surface area contributed by atoms with Crippen LogP contribution in [0, 0.1) is 6.92 Å². The molecule has 1 aliphatic heterocycles. The van der Waals surface area contributed by atoms with Gasteiger partial charge in [-0.2, -0.15) is 13.2 Å². The summed E-state index contributed by atoms with van der Waals surface area (Å²) in [6, 6.07) is 2.96. The zero-order valence-electron chi connectivity index (χ0n) is 9.62. The second-order valence-corrected chi connectivity index (χ2v) is 4.42. The van der Waals surface area contributed by atoms with Gasteiger partial charge in [-0.25, -0.2) is 0 Å². The highest BCUT2D eigenvalue weighted by Crippen LogP contribution is 2.38. The van der Waals surface area contributed by atoms with Gasteiger partial charge in [0, 0.05) is 13.0 Å². The molecule has 1 aromatic heterocycles. The van der Waals surface area contributed by atoms with Crippen LogP contribution in [-0.2, 0) is 0 Å². The van der Waals surface area contributed by atoms with Crippen molar-refractivity contribution in [2.24, 2.45) is 0 Å². The van der Waals surface area contributed by atoms with E-state index in [1.54, 1.807) is 13.0 Å². The zero-order chi connectivity index (χ0) is 13.6. The van der Waals surface area contributed by atoms with Crippen LogP contribution in [0.1, 0.15) is 22.7 Å². The predicted octanol–water partition coefficient (Wildman–Crippen LogP) is 1.73. The highest BCUT2D eigenvalue weighted by molar-refractivity contribution is 5.91. The lowest BCUT2D eigenvalue weighted by Gasteiger charge is -2.25. The van der Waals surface area contributed by atoms with Crippen LogP contribution < -0.4 is 0 Å². The average molecular weight is 263 g/mol. The topological polar surface area (TPSA) is 53.7 Å². The molecule has 1 aliphatic rings. The molecule has 0 spiro atoms. The van der Waals surface area contributed by atoms with Crippen molar-refractivity contribution >= 4 is 5.91 Å². The first kappa shape index (κ1) is 12.9. The summed E-state index contributed by atoms with van der Waals surface area (Å²) < 4.78 is 42.8. The van der Waals surface area contributed by atoms with Gasteiger partial charge in [-0.1, -0.05) is 0 Å². The Labute approximate surface area is 101 Å². The smallest absolute Gasteiger partial charge is 0.419 e. The number of aryl methyl sites for hydroxylation is 1. The minimum absolute atomic E-state index is 0.0149. The lowest BCUT2D eigenvalue weighted by molar-refractivity contribution is -0.253. The number of aliphatic hydroxyl groups is 1. The van der Waals surface area contributed by atoms with E-state index >= 15 is 0 Å². The Morgan fingerprint density at radius 2 is 2.17 bits per heavy atom. The third-order valence-electron chi connectivity index (χ3n) is 3.01. The van der Waals surface area contributed by atoms with Gasteiger partial charge in [0.25, 0.3) is 5.91 Å². The number of furan rings is 1. The number of likely N-dealkylation sites (tertiary alicyclic amines) is 1. The molecule has 1 aromatic rings. The first-order chi connectivity index (χ1) is 8.23. The molecule has 1 amide bonds. The Bertz CT molecular complexity index is 468. The number of β-amino-alcohol motifs (C(OH)–C–C–N with tert-alkyl or cyclic N) is 1. The number of rotatable bonds is 1. The standard InChI is InChI=1S/C11H12F3NO3/c1-7-2-3-8(18-7)9(16)15-5-4-10(17,6-15)11(12,13)14/h2-3,17H,4-6H2,1H3. The van der Waals surface area contributed by atoms with E-state index in [1.165, 1.54) is 6.07 Å². The van der Waals surface area contributed by atoms with Crippen LogP contribution in [-0.4, -0.2) is 40.8 Å². The molecule has 2 heterocycles. The van der Waals surface area contributed by atoms with Crippen molar-refractivity contribution in [3.63, 3.8) is 0 Å². The van der Waals surface area contributed by atoms with Crippen molar-refractivity contribution in [2.75, 3.05) is 13.1 Å². The number of halogens is 3. The third kappa shape index (κ3) is 2.10. The van der Waals surface area contributed by atoms with Gasteiger partial charge < -0.3 is 14.4 Å². The summed E-state index contributed by atoms with van der Waals surface area (Å²) in [6.07, 6.45) is -5.25. The van der Waals surface area contributed by atoms with E-state index in [-0.39, 0.29) is 12.3 Å². The van der Waals surface area contributed by atoms with Crippen molar-refractivity contribution in [1.82, 2.24) is 4.90 Å². The first-order valence-electron chi connectivity index (χ1n) is 5.38. The maximum atomic E-state index is 12.6. The fraction of sp³-hybridized carbons (Fsp3) is 0.545. The normalized spacial score (nSPS) is 24.6. The maximum absolute atomic E-state index is 12.6. The highest BCUT2D eigenvalue weighted by atomic mass is 19.4. The van der Waals surface area contributed by atoms with E-state index in [2.05, 4.69) is 0 Å². The van der Waals surface area contributed by atoms with E-state index in [9.17, 15) is 23.1 Å². The number of hydrogen-bond donors (Lipinski definition) is 1. The van der Waals surface area contributed by atoms with Crippen LogP contribution in [0.15, 0.2) is 16.5 Å². The predicted molar refractivity (Wildman–Crippen MR) is 55.0 cm³/mol. The number of alkyl halides is 3. The van der Waals surface area contributed by atoms with Gasteiger partial charge in [-0.15, -0.1) is 0 Å². The van der Waals surface area contributed by atoms with Crippen molar-refractivity contribution < 1.29 is 27.5 Å². The summed E-state index contributed by atoms with van der Waals surface area (Å²) in [5, 5.41) is 9.45. The maximum Gasteiger partial charge on any atom is 0.419 e. The monoisotopic (exact) mass is 263 g/mol. The molecule has 0 bridgehead atoms. The van der Waals surface area contributed by atoms with Gasteiger partial charge in [-0.3, -0.25) is 4.79 Å². The van der Waals surface area contributed by atoms with Gasteiger partial charge in [0.1, 0.15) is 5.76 Å². The van der Waals surface area contributed by atoms with E-state index in [0.29, 0.717) is 5.76 Å². The first-order valence-corrected chi connectivity index (χ1v) is 5.38. The van der Waals surface area contributed by atoms with Crippen LogP contribution in [0.5, 0.6) is 0 Å². The lowest BCUT2D eigenvalue weighted by atomic mass is 10.0. The molecule has 0 aliphatic carbocycles. The van der Waals surface area contributed by atoms with Crippen LogP contribution in [0.25, 0.3) is 0 Å². The SMILES string of the molecule is Cc1ccc(C(=O)N2CCC(O)(C(F)(F)F)C2)o1. The summed E-state index contributed by atoms with van der Waals surface area (Å²) in [6.45, 7) is 0.733. The molecular formula is C11H12F3NO3. The molecule has 0 saturated carbocycles. The van der Waals surface area contributed by atoms with Crippen molar-refractivity contribution in [1.29, 1.82) is 0 Å². The molecule has 1 saturated heterocycles. The minimum Gasteiger partial charge on any atom is -0.456 e. The molecule has 1 fully saturated rings. The number of hydrogen-bond acceptors (Lipinski definition) is 3. The van der Waals surface area contributed by atoms with E-state index in [0.717, 1.165) is 4.90 Å². The van der Waals surface area contributed by atoms with Crippen LogP contribution in [0.4, 0.5) is 13.2 Å². The fourth-order valence-corrected chi connectivity index (χ4v) is 1.90. The third-order valence-corrected chi connectivity index (χ3v) is 3.01. The second kappa shape index (κ2) is 4.01. The molecular weight excluding hydrogens is 251 g/mol. The van der Waals surface area contributed by atoms with Gasteiger partial charge in [-0.05, 0) is 19.1 Å². The summed E-state index contributed by atoms with van der Waals surface area (Å²) in [5.41, 5.74) is -2.82. The van der Waals surface area contributed by atoms with Gasteiger partial charge in [0.05, 0.1) is 6.54 Å². The Morgan fingerprint density at radius 3 is 2.61 bits per heavy atom. The molecule has 0 radical (unpaired) electrons. The summed E-state index contributed by atoms with van der Waals surface area (Å²) in [7, 11) is 0. The van der Waals surface area contributed by atoms with Gasteiger partial charge >= 0.3 is 6.18 Å². The Balaban J connectivity index is 2.12. The molecule has 1 N–H and O–H groups in total. The van der Waals surface area contributed by atoms with E-state index < -0.39 is 30.7 Å². The van der Waals surface area contributed by atoms with E-state index in [1.807, 2.05) is 0 Å². The Kier molecular flexibility index (Phi) is 2.89. The van der Waals surface area contributed by atoms with Crippen molar-refractivity contribution in [3.05, 3.63) is 23.7 Å². The number of amides is 1. The van der Waals surface area contributed by atoms with Crippen LogP contribution >= 0.6 is 0 Å². The highest BCUT2D eigenvalue weighted by Gasteiger charge is 2.58.